The van der Waals surface area contributed by atoms with E-state index in [0.29, 0.717) is 23.4 Å². The second-order valence-electron chi connectivity index (χ2n) is 4.03. The lowest BCUT2D eigenvalue weighted by Crippen LogP contribution is -2.01. The van der Waals surface area contributed by atoms with Gasteiger partial charge < -0.3 is 14.4 Å². The molecule has 1 fully saturated rings. The summed E-state index contributed by atoms with van der Waals surface area (Å²) in [6.45, 7) is 0.118. The lowest BCUT2D eigenvalue weighted by molar-refractivity contribution is 0.0697. The monoisotopic (exact) mass is 266 g/mol. The van der Waals surface area contributed by atoms with E-state index in [-0.39, 0.29) is 11.5 Å². The highest BCUT2D eigenvalue weighted by Gasteiger charge is 2.29. The predicted octanol–water partition coefficient (Wildman–Crippen LogP) is 2.29. The van der Waals surface area contributed by atoms with Gasteiger partial charge in [-0.2, -0.15) is 4.98 Å². The quantitative estimate of drug-likeness (QED) is 0.893. The number of carbonyl (C=O) groups is 1. The molecule has 0 aromatic carbocycles. The third-order valence-electron chi connectivity index (χ3n) is 2.59. The normalized spacial score (nSPS) is 14.7. The fourth-order valence-electron chi connectivity index (χ4n) is 1.53. The molecule has 6 nitrogen and oxygen atoms in total. The van der Waals surface area contributed by atoms with E-state index in [9.17, 15) is 4.79 Å². The standard InChI is InChI=1S/C11H10N2O4S/c14-11(15)9-7(3-4-18-9)16-5-8-12-10(17-13-8)6-1-2-6/h3-4,6H,1-2,5H2,(H,14,15). The van der Waals surface area contributed by atoms with Crippen LogP contribution in [0.25, 0.3) is 0 Å². The first-order valence-electron chi connectivity index (χ1n) is 5.50. The van der Waals surface area contributed by atoms with E-state index >= 15 is 0 Å². The van der Waals surface area contributed by atoms with Crippen LogP contribution in [-0.4, -0.2) is 21.2 Å². The first-order chi connectivity index (χ1) is 8.74. The number of hydrogen-bond donors (Lipinski definition) is 1. The molecular weight excluding hydrogens is 256 g/mol. The van der Waals surface area contributed by atoms with Crippen LogP contribution < -0.4 is 4.74 Å². The fourth-order valence-corrected chi connectivity index (χ4v) is 2.20. The Hall–Kier alpha value is -1.89. The number of rotatable bonds is 5. The second-order valence-corrected chi connectivity index (χ2v) is 4.95. The van der Waals surface area contributed by atoms with Crippen molar-refractivity contribution in [1.29, 1.82) is 0 Å². The van der Waals surface area contributed by atoms with Crippen molar-refractivity contribution in [3.63, 3.8) is 0 Å². The van der Waals surface area contributed by atoms with E-state index in [1.807, 2.05) is 0 Å². The molecule has 0 atom stereocenters. The maximum Gasteiger partial charge on any atom is 0.349 e. The summed E-state index contributed by atoms with van der Waals surface area (Å²) in [6, 6.07) is 1.62. The molecule has 1 N–H and O–H groups in total. The Morgan fingerprint density at radius 2 is 2.44 bits per heavy atom. The number of carboxylic acid groups (broad SMARTS) is 1. The summed E-state index contributed by atoms with van der Waals surface area (Å²) in [5, 5.41) is 14.4. The molecule has 2 aromatic heterocycles. The minimum absolute atomic E-state index is 0.118. The van der Waals surface area contributed by atoms with Crippen LogP contribution in [0.15, 0.2) is 16.0 Å². The Morgan fingerprint density at radius 3 is 3.17 bits per heavy atom. The summed E-state index contributed by atoms with van der Waals surface area (Å²) in [5.41, 5.74) is 0. The third-order valence-corrected chi connectivity index (χ3v) is 3.47. The van der Waals surface area contributed by atoms with Crippen molar-refractivity contribution in [2.75, 3.05) is 0 Å². The highest BCUT2D eigenvalue weighted by Crippen LogP contribution is 2.38. The molecule has 1 aliphatic carbocycles. The van der Waals surface area contributed by atoms with Crippen LogP contribution in [0.2, 0.25) is 0 Å². The number of thiophene rings is 1. The SMILES string of the molecule is O=C(O)c1sccc1OCc1noc(C2CC2)n1. The van der Waals surface area contributed by atoms with Gasteiger partial charge in [-0.15, -0.1) is 11.3 Å². The van der Waals surface area contributed by atoms with Gasteiger partial charge in [0, 0.05) is 5.92 Å². The van der Waals surface area contributed by atoms with Crippen LogP contribution in [0.1, 0.15) is 40.1 Å². The summed E-state index contributed by atoms with van der Waals surface area (Å²) in [7, 11) is 0. The Labute approximate surface area is 106 Å². The van der Waals surface area contributed by atoms with Crippen molar-refractivity contribution in [3.05, 3.63) is 28.0 Å². The lowest BCUT2D eigenvalue weighted by Gasteiger charge is -2.01. The number of carboxylic acids is 1. The molecule has 94 valence electrons. The summed E-state index contributed by atoms with van der Waals surface area (Å²) in [6.07, 6.45) is 2.19. The molecule has 2 aromatic rings. The van der Waals surface area contributed by atoms with Gasteiger partial charge in [0.15, 0.2) is 11.5 Å². The van der Waals surface area contributed by atoms with Gasteiger partial charge in [0.1, 0.15) is 5.75 Å². The largest absolute Gasteiger partial charge is 0.484 e. The van der Waals surface area contributed by atoms with Gasteiger partial charge in [-0.3, -0.25) is 0 Å². The molecule has 0 aliphatic heterocycles. The summed E-state index contributed by atoms with van der Waals surface area (Å²) in [4.78, 5) is 15.3. The fraction of sp³-hybridized carbons (Fsp3) is 0.364. The smallest absolute Gasteiger partial charge is 0.349 e. The topological polar surface area (TPSA) is 85.5 Å². The molecular formula is C11H10N2O4S. The molecule has 0 spiro atoms. The van der Waals surface area contributed by atoms with E-state index in [2.05, 4.69) is 10.1 Å². The highest BCUT2D eigenvalue weighted by molar-refractivity contribution is 7.12. The van der Waals surface area contributed by atoms with Crippen molar-refractivity contribution in [1.82, 2.24) is 10.1 Å². The Morgan fingerprint density at radius 1 is 1.61 bits per heavy atom. The molecule has 0 saturated heterocycles. The highest BCUT2D eigenvalue weighted by atomic mass is 32.1. The first kappa shape index (κ1) is 11.2. The Balaban J connectivity index is 1.65. The van der Waals surface area contributed by atoms with Gasteiger partial charge in [0.2, 0.25) is 11.7 Å². The first-order valence-corrected chi connectivity index (χ1v) is 6.38. The van der Waals surface area contributed by atoms with Crippen LogP contribution in [0.3, 0.4) is 0 Å². The van der Waals surface area contributed by atoms with Crippen molar-refractivity contribution < 1.29 is 19.2 Å². The average Bonchev–Trinajstić information content (AvgIpc) is 2.92. The summed E-state index contributed by atoms with van der Waals surface area (Å²) < 4.78 is 10.5. The van der Waals surface area contributed by atoms with Crippen molar-refractivity contribution >= 4 is 17.3 Å². The van der Waals surface area contributed by atoms with E-state index in [1.165, 1.54) is 0 Å². The maximum absolute atomic E-state index is 10.9. The molecule has 0 unspecified atom stereocenters. The van der Waals surface area contributed by atoms with Crippen molar-refractivity contribution in [2.45, 2.75) is 25.4 Å². The maximum atomic E-state index is 10.9. The van der Waals surface area contributed by atoms with Crippen LogP contribution in [-0.2, 0) is 6.61 Å². The van der Waals surface area contributed by atoms with Crippen LogP contribution in [0, 0.1) is 0 Å². The van der Waals surface area contributed by atoms with Crippen LogP contribution >= 0.6 is 11.3 Å². The Kier molecular flexibility index (Phi) is 2.75. The van der Waals surface area contributed by atoms with Crippen LogP contribution in [0.4, 0.5) is 0 Å². The molecule has 18 heavy (non-hydrogen) atoms. The predicted molar refractivity (Wildman–Crippen MR) is 61.9 cm³/mol. The minimum atomic E-state index is -0.994. The molecule has 0 radical (unpaired) electrons. The molecule has 3 rings (SSSR count). The van der Waals surface area contributed by atoms with Crippen molar-refractivity contribution in [2.24, 2.45) is 0 Å². The van der Waals surface area contributed by atoms with E-state index in [4.69, 9.17) is 14.4 Å². The molecule has 2 heterocycles. The number of ether oxygens (including phenoxy) is 1. The number of aromatic carboxylic acids is 1. The summed E-state index contributed by atoms with van der Waals surface area (Å²) >= 11 is 1.12. The second kappa shape index (κ2) is 4.41. The zero-order valence-corrected chi connectivity index (χ0v) is 10.1. The van der Waals surface area contributed by atoms with E-state index in [1.54, 1.807) is 11.4 Å². The van der Waals surface area contributed by atoms with E-state index in [0.717, 1.165) is 24.2 Å². The zero-order chi connectivity index (χ0) is 12.5. The van der Waals surface area contributed by atoms with Crippen molar-refractivity contribution in [3.8, 4) is 5.75 Å². The van der Waals surface area contributed by atoms with Gasteiger partial charge in [-0.1, -0.05) is 5.16 Å². The minimum Gasteiger partial charge on any atom is -0.484 e. The summed E-state index contributed by atoms with van der Waals surface area (Å²) in [5.74, 6) is 0.843. The average molecular weight is 266 g/mol. The zero-order valence-electron chi connectivity index (χ0n) is 9.33. The van der Waals surface area contributed by atoms with Gasteiger partial charge in [0.05, 0.1) is 0 Å². The number of nitrogens with zero attached hydrogens (tertiary/aromatic N) is 2. The number of aromatic nitrogens is 2. The third kappa shape index (κ3) is 2.21. The molecule has 0 amide bonds. The molecule has 7 heteroatoms. The number of hydrogen-bond acceptors (Lipinski definition) is 6. The van der Waals surface area contributed by atoms with E-state index < -0.39 is 5.97 Å². The molecule has 1 saturated carbocycles. The van der Waals surface area contributed by atoms with Gasteiger partial charge in [-0.05, 0) is 24.3 Å². The van der Waals surface area contributed by atoms with Gasteiger partial charge >= 0.3 is 5.97 Å². The molecule has 1 aliphatic rings. The van der Waals surface area contributed by atoms with Gasteiger partial charge in [0.25, 0.3) is 0 Å². The van der Waals surface area contributed by atoms with Gasteiger partial charge in [-0.25, -0.2) is 4.79 Å². The lowest BCUT2D eigenvalue weighted by atomic mass is 10.4. The Bertz CT molecular complexity index is 573. The molecule has 0 bridgehead atoms. The van der Waals surface area contributed by atoms with Crippen LogP contribution in [0.5, 0.6) is 5.75 Å².